The molecule has 6 heteroatoms. The normalized spacial score (nSPS) is 17.4. The third kappa shape index (κ3) is 3.58. The number of nitrogens with zero attached hydrogens (tertiary/aromatic N) is 2. The molecule has 116 valence electrons. The summed E-state index contributed by atoms with van der Waals surface area (Å²) in [4.78, 5) is 15.9. The highest BCUT2D eigenvalue weighted by atomic mass is 16.5. The molecule has 0 radical (unpaired) electrons. The molecule has 22 heavy (non-hydrogen) atoms. The zero-order valence-corrected chi connectivity index (χ0v) is 12.5. The van der Waals surface area contributed by atoms with Crippen molar-refractivity contribution < 1.29 is 9.53 Å². The van der Waals surface area contributed by atoms with Gasteiger partial charge in [-0.2, -0.15) is 0 Å². The van der Waals surface area contributed by atoms with Gasteiger partial charge in [-0.15, -0.1) is 0 Å². The van der Waals surface area contributed by atoms with Gasteiger partial charge in [0.25, 0.3) is 0 Å². The molecule has 2 aromatic rings. The van der Waals surface area contributed by atoms with Crippen molar-refractivity contribution in [3.63, 3.8) is 0 Å². The predicted octanol–water partition coefficient (Wildman–Crippen LogP) is 1.57. The average molecular weight is 300 g/mol. The van der Waals surface area contributed by atoms with Crippen LogP contribution in [0.2, 0.25) is 0 Å². The number of rotatable bonds is 5. The van der Waals surface area contributed by atoms with Crippen LogP contribution in [0.3, 0.4) is 0 Å². The van der Waals surface area contributed by atoms with Crippen molar-refractivity contribution in [2.24, 2.45) is 0 Å². The maximum absolute atomic E-state index is 11.9. The Morgan fingerprint density at radius 1 is 1.50 bits per heavy atom. The summed E-state index contributed by atoms with van der Waals surface area (Å²) >= 11 is 0. The van der Waals surface area contributed by atoms with E-state index in [-0.39, 0.29) is 18.2 Å². The SMILES string of the molecule is C[C@H](Cn1ccnc1)NC(=O)NC[C@H]1Cc2ccccc2O1. The number of carbonyl (C=O) groups excluding carboxylic acids is 1. The van der Waals surface area contributed by atoms with Crippen molar-refractivity contribution in [2.45, 2.75) is 32.0 Å². The first-order valence-electron chi connectivity index (χ1n) is 7.45. The van der Waals surface area contributed by atoms with Crippen LogP contribution in [-0.2, 0) is 13.0 Å². The molecule has 6 nitrogen and oxygen atoms in total. The minimum atomic E-state index is -0.174. The Balaban J connectivity index is 1.40. The standard InChI is InChI=1S/C16H20N4O2/c1-12(10-20-7-6-17-11-20)19-16(21)18-9-14-8-13-4-2-3-5-15(13)22-14/h2-7,11-12,14H,8-10H2,1H3,(H2,18,19,21)/t12-,14-/m1/s1. The molecule has 0 spiro atoms. The van der Waals surface area contributed by atoms with E-state index in [2.05, 4.69) is 21.7 Å². The molecule has 2 amide bonds. The molecule has 1 aliphatic heterocycles. The van der Waals surface area contributed by atoms with E-state index in [1.165, 1.54) is 5.56 Å². The summed E-state index contributed by atoms with van der Waals surface area (Å²) in [5.74, 6) is 0.920. The molecule has 1 aromatic carbocycles. The van der Waals surface area contributed by atoms with Crippen LogP contribution >= 0.6 is 0 Å². The quantitative estimate of drug-likeness (QED) is 0.881. The van der Waals surface area contributed by atoms with Crippen molar-refractivity contribution in [2.75, 3.05) is 6.54 Å². The maximum atomic E-state index is 11.9. The second kappa shape index (κ2) is 6.51. The van der Waals surface area contributed by atoms with Gasteiger partial charge in [-0.05, 0) is 18.6 Å². The lowest BCUT2D eigenvalue weighted by Crippen LogP contribution is -2.45. The number of ether oxygens (including phenoxy) is 1. The summed E-state index contributed by atoms with van der Waals surface area (Å²) in [6.45, 7) is 3.15. The number of amides is 2. The van der Waals surface area contributed by atoms with Gasteiger partial charge in [0.1, 0.15) is 11.9 Å². The average Bonchev–Trinajstić information content (AvgIpc) is 3.13. The third-order valence-electron chi connectivity index (χ3n) is 3.63. The molecule has 2 heterocycles. The zero-order chi connectivity index (χ0) is 15.4. The van der Waals surface area contributed by atoms with Gasteiger partial charge in [-0.3, -0.25) is 0 Å². The van der Waals surface area contributed by atoms with Gasteiger partial charge in [-0.1, -0.05) is 18.2 Å². The minimum absolute atomic E-state index is 0.00658. The number of hydrogen-bond acceptors (Lipinski definition) is 3. The maximum Gasteiger partial charge on any atom is 0.315 e. The lowest BCUT2D eigenvalue weighted by Gasteiger charge is -2.17. The molecule has 2 atom stereocenters. The van der Waals surface area contributed by atoms with Crippen LogP contribution in [0.15, 0.2) is 43.0 Å². The fraction of sp³-hybridized carbons (Fsp3) is 0.375. The summed E-state index contributed by atoms with van der Waals surface area (Å²) in [7, 11) is 0. The first-order chi connectivity index (χ1) is 10.7. The van der Waals surface area contributed by atoms with Crippen LogP contribution in [0.4, 0.5) is 4.79 Å². The first-order valence-corrected chi connectivity index (χ1v) is 7.45. The van der Waals surface area contributed by atoms with Gasteiger partial charge < -0.3 is 19.9 Å². The Kier molecular flexibility index (Phi) is 4.27. The third-order valence-corrected chi connectivity index (χ3v) is 3.63. The molecule has 0 unspecified atom stereocenters. The highest BCUT2D eigenvalue weighted by Crippen LogP contribution is 2.27. The fourth-order valence-corrected chi connectivity index (χ4v) is 2.61. The highest BCUT2D eigenvalue weighted by Gasteiger charge is 2.22. The van der Waals surface area contributed by atoms with Crippen molar-refractivity contribution in [3.05, 3.63) is 48.5 Å². The van der Waals surface area contributed by atoms with Crippen LogP contribution in [0, 0.1) is 0 Å². The molecular weight excluding hydrogens is 280 g/mol. The Morgan fingerprint density at radius 3 is 3.14 bits per heavy atom. The molecule has 1 aromatic heterocycles. The summed E-state index contributed by atoms with van der Waals surface area (Å²) in [5, 5.41) is 5.78. The Bertz CT molecular complexity index is 602. The van der Waals surface area contributed by atoms with E-state index in [9.17, 15) is 4.79 Å². The number of carbonyl (C=O) groups is 1. The largest absolute Gasteiger partial charge is 0.488 e. The summed E-state index contributed by atoms with van der Waals surface area (Å²) in [5.41, 5.74) is 1.20. The molecular formula is C16H20N4O2. The zero-order valence-electron chi connectivity index (χ0n) is 12.5. The van der Waals surface area contributed by atoms with Crippen LogP contribution in [0.5, 0.6) is 5.75 Å². The van der Waals surface area contributed by atoms with Gasteiger partial charge in [0, 0.05) is 31.4 Å². The number of aromatic nitrogens is 2. The van der Waals surface area contributed by atoms with Crippen molar-refractivity contribution in [1.82, 2.24) is 20.2 Å². The molecule has 0 aliphatic carbocycles. The Hall–Kier alpha value is -2.50. The van der Waals surface area contributed by atoms with Crippen LogP contribution in [0.1, 0.15) is 12.5 Å². The van der Waals surface area contributed by atoms with E-state index < -0.39 is 0 Å². The van der Waals surface area contributed by atoms with Gasteiger partial charge in [0.15, 0.2) is 0 Å². The highest BCUT2D eigenvalue weighted by molar-refractivity contribution is 5.74. The van der Waals surface area contributed by atoms with E-state index in [4.69, 9.17) is 4.74 Å². The van der Waals surface area contributed by atoms with Crippen molar-refractivity contribution in [3.8, 4) is 5.75 Å². The van der Waals surface area contributed by atoms with E-state index >= 15 is 0 Å². The second-order valence-electron chi connectivity index (χ2n) is 5.57. The Morgan fingerprint density at radius 2 is 2.36 bits per heavy atom. The van der Waals surface area contributed by atoms with Crippen molar-refractivity contribution >= 4 is 6.03 Å². The number of benzene rings is 1. The smallest absolute Gasteiger partial charge is 0.315 e. The van der Waals surface area contributed by atoms with E-state index in [0.29, 0.717) is 13.1 Å². The summed E-state index contributed by atoms with van der Waals surface area (Å²) in [6.07, 6.45) is 6.18. The second-order valence-corrected chi connectivity index (χ2v) is 5.57. The number of hydrogen-bond donors (Lipinski definition) is 2. The van der Waals surface area contributed by atoms with Crippen LogP contribution in [0.25, 0.3) is 0 Å². The van der Waals surface area contributed by atoms with Gasteiger partial charge in [-0.25, -0.2) is 9.78 Å². The van der Waals surface area contributed by atoms with Crippen molar-refractivity contribution in [1.29, 1.82) is 0 Å². The monoisotopic (exact) mass is 300 g/mol. The van der Waals surface area contributed by atoms with Crippen LogP contribution in [-0.4, -0.2) is 34.3 Å². The predicted molar refractivity (Wildman–Crippen MR) is 82.8 cm³/mol. The molecule has 0 saturated carbocycles. The Labute approximate surface area is 129 Å². The number of urea groups is 1. The fourth-order valence-electron chi connectivity index (χ4n) is 2.61. The summed E-state index contributed by atoms with van der Waals surface area (Å²) in [6, 6.07) is 7.83. The van der Waals surface area contributed by atoms with E-state index in [0.717, 1.165) is 12.2 Å². The summed E-state index contributed by atoms with van der Waals surface area (Å²) < 4.78 is 7.72. The number of nitrogens with one attached hydrogen (secondary N) is 2. The lowest BCUT2D eigenvalue weighted by molar-refractivity contribution is 0.211. The van der Waals surface area contributed by atoms with Gasteiger partial charge >= 0.3 is 6.03 Å². The lowest BCUT2D eigenvalue weighted by atomic mass is 10.1. The first kappa shape index (κ1) is 14.4. The molecule has 2 N–H and O–H groups in total. The van der Waals surface area contributed by atoms with Gasteiger partial charge in [0.2, 0.25) is 0 Å². The van der Waals surface area contributed by atoms with E-state index in [1.807, 2.05) is 35.9 Å². The molecule has 0 fully saturated rings. The van der Waals surface area contributed by atoms with Gasteiger partial charge in [0.05, 0.1) is 12.9 Å². The number of imidazole rings is 1. The molecule has 1 aliphatic rings. The molecule has 0 bridgehead atoms. The molecule has 3 rings (SSSR count). The van der Waals surface area contributed by atoms with E-state index in [1.54, 1.807) is 12.5 Å². The topological polar surface area (TPSA) is 68.2 Å². The number of para-hydroxylation sites is 1. The molecule has 0 saturated heterocycles. The minimum Gasteiger partial charge on any atom is -0.488 e. The number of fused-ring (bicyclic) bond motifs is 1. The van der Waals surface area contributed by atoms with Crippen LogP contribution < -0.4 is 15.4 Å².